The molecule has 2 aromatic carbocycles. The van der Waals surface area contributed by atoms with Crippen molar-refractivity contribution < 1.29 is 24.1 Å². The second kappa shape index (κ2) is 6.65. The summed E-state index contributed by atoms with van der Waals surface area (Å²) < 4.78 is 16.0. The number of aromatic carboxylic acids is 1. The van der Waals surface area contributed by atoms with Crippen LogP contribution in [0, 0.1) is 0 Å². The quantitative estimate of drug-likeness (QED) is 0.885. The molecule has 0 unspecified atom stereocenters. The number of benzene rings is 2. The minimum atomic E-state index is -1.08. The third-order valence-corrected chi connectivity index (χ3v) is 2.95. The summed E-state index contributed by atoms with van der Waals surface area (Å²) in [6, 6.07) is 12.6. The lowest BCUT2D eigenvalue weighted by atomic mass is 10.1. The number of ether oxygens (including phenoxy) is 3. The van der Waals surface area contributed by atoms with Crippen LogP contribution in [0.1, 0.15) is 15.9 Å². The zero-order valence-corrected chi connectivity index (χ0v) is 11.8. The van der Waals surface area contributed by atoms with Crippen LogP contribution in [0.4, 0.5) is 0 Å². The first-order valence-electron chi connectivity index (χ1n) is 6.31. The molecule has 0 fully saturated rings. The zero-order valence-electron chi connectivity index (χ0n) is 11.8. The average molecular weight is 288 g/mol. The predicted octanol–water partition coefficient (Wildman–Crippen LogP) is 2.98. The fourth-order valence-electron chi connectivity index (χ4n) is 1.88. The molecule has 0 amide bonds. The van der Waals surface area contributed by atoms with E-state index < -0.39 is 5.97 Å². The first kappa shape index (κ1) is 14.7. The van der Waals surface area contributed by atoms with E-state index in [4.69, 9.17) is 19.3 Å². The minimum absolute atomic E-state index is 0.0291. The van der Waals surface area contributed by atoms with E-state index in [-0.39, 0.29) is 11.3 Å². The molecule has 0 radical (unpaired) electrons. The van der Waals surface area contributed by atoms with Gasteiger partial charge in [-0.05, 0) is 5.56 Å². The van der Waals surface area contributed by atoms with Gasteiger partial charge in [0.1, 0.15) is 17.9 Å². The summed E-state index contributed by atoms with van der Waals surface area (Å²) in [5, 5.41) is 9.14. The third-order valence-electron chi connectivity index (χ3n) is 2.95. The molecule has 0 spiro atoms. The number of carboxylic acid groups (broad SMARTS) is 1. The molecule has 0 saturated heterocycles. The van der Waals surface area contributed by atoms with Crippen LogP contribution in [0.2, 0.25) is 0 Å². The number of hydrogen-bond acceptors (Lipinski definition) is 4. The molecule has 0 aliphatic carbocycles. The zero-order chi connectivity index (χ0) is 15.2. The molecule has 0 atom stereocenters. The number of rotatable bonds is 6. The van der Waals surface area contributed by atoms with Gasteiger partial charge in [0, 0.05) is 12.1 Å². The molecular formula is C16H16O5. The largest absolute Gasteiger partial charge is 0.496 e. The van der Waals surface area contributed by atoms with Crippen molar-refractivity contribution in [3.8, 4) is 17.2 Å². The molecule has 110 valence electrons. The first-order valence-corrected chi connectivity index (χ1v) is 6.31. The molecule has 0 heterocycles. The molecular weight excluding hydrogens is 272 g/mol. The van der Waals surface area contributed by atoms with Gasteiger partial charge in [-0.1, -0.05) is 30.3 Å². The molecule has 0 aliphatic heterocycles. The standard InChI is InChI=1S/C16H16O5/c1-19-13-9-15(14(20-2)8-12(13)16(17)18)21-10-11-6-4-3-5-7-11/h3-9H,10H2,1-2H3,(H,17,18). The van der Waals surface area contributed by atoms with Gasteiger partial charge in [0.25, 0.3) is 0 Å². The molecule has 1 N–H and O–H groups in total. The topological polar surface area (TPSA) is 65.0 Å². The SMILES string of the molecule is COc1cc(C(=O)O)c(OC)cc1OCc1ccccc1. The molecule has 0 bridgehead atoms. The summed E-state index contributed by atoms with van der Waals surface area (Å²) in [5.74, 6) is -0.0709. The van der Waals surface area contributed by atoms with Crippen molar-refractivity contribution in [3.63, 3.8) is 0 Å². The van der Waals surface area contributed by atoms with Gasteiger partial charge in [-0.25, -0.2) is 4.79 Å². The maximum Gasteiger partial charge on any atom is 0.339 e. The molecule has 2 rings (SSSR count). The van der Waals surface area contributed by atoms with Gasteiger partial charge >= 0.3 is 5.97 Å². The fraction of sp³-hybridized carbons (Fsp3) is 0.188. The highest BCUT2D eigenvalue weighted by Gasteiger charge is 2.17. The van der Waals surface area contributed by atoms with E-state index in [1.165, 1.54) is 26.4 Å². The monoisotopic (exact) mass is 288 g/mol. The highest BCUT2D eigenvalue weighted by molar-refractivity contribution is 5.92. The van der Waals surface area contributed by atoms with Crippen molar-refractivity contribution in [1.29, 1.82) is 0 Å². The average Bonchev–Trinajstić information content (AvgIpc) is 2.52. The summed E-state index contributed by atoms with van der Waals surface area (Å²) in [5.41, 5.74) is 1.03. The van der Waals surface area contributed by atoms with Crippen molar-refractivity contribution in [2.75, 3.05) is 14.2 Å². The summed E-state index contributed by atoms with van der Waals surface area (Å²) in [6.45, 7) is 0.354. The van der Waals surface area contributed by atoms with Crippen LogP contribution in [-0.2, 0) is 6.61 Å². The van der Waals surface area contributed by atoms with E-state index in [9.17, 15) is 4.79 Å². The van der Waals surface area contributed by atoms with E-state index in [0.717, 1.165) is 5.56 Å². The Balaban J connectivity index is 2.28. The number of hydrogen-bond donors (Lipinski definition) is 1. The Kier molecular flexibility index (Phi) is 4.66. The summed E-state index contributed by atoms with van der Waals surface area (Å²) in [7, 11) is 2.87. The van der Waals surface area contributed by atoms with Crippen molar-refractivity contribution in [2.24, 2.45) is 0 Å². The van der Waals surface area contributed by atoms with Crippen LogP contribution >= 0.6 is 0 Å². The molecule has 5 nitrogen and oxygen atoms in total. The van der Waals surface area contributed by atoms with E-state index in [0.29, 0.717) is 18.1 Å². The van der Waals surface area contributed by atoms with Crippen LogP contribution in [-0.4, -0.2) is 25.3 Å². The Morgan fingerprint density at radius 3 is 2.24 bits per heavy atom. The van der Waals surface area contributed by atoms with Crippen LogP contribution < -0.4 is 14.2 Å². The number of methoxy groups -OCH3 is 2. The van der Waals surface area contributed by atoms with E-state index in [1.807, 2.05) is 30.3 Å². The normalized spacial score (nSPS) is 10.0. The van der Waals surface area contributed by atoms with Crippen LogP contribution in [0.15, 0.2) is 42.5 Å². The Morgan fingerprint density at radius 1 is 1.00 bits per heavy atom. The van der Waals surface area contributed by atoms with Gasteiger partial charge in [-0.2, -0.15) is 0 Å². The summed E-state index contributed by atoms with van der Waals surface area (Å²) in [6.07, 6.45) is 0. The lowest BCUT2D eigenvalue weighted by Gasteiger charge is -2.14. The third kappa shape index (κ3) is 3.45. The van der Waals surface area contributed by atoms with Gasteiger partial charge in [0.2, 0.25) is 0 Å². The Hall–Kier alpha value is -2.69. The van der Waals surface area contributed by atoms with E-state index in [2.05, 4.69) is 0 Å². The molecule has 0 aromatic heterocycles. The molecule has 0 aliphatic rings. The maximum atomic E-state index is 11.2. The number of carboxylic acids is 1. The lowest BCUT2D eigenvalue weighted by Crippen LogP contribution is -2.04. The lowest BCUT2D eigenvalue weighted by molar-refractivity contribution is 0.0692. The van der Waals surface area contributed by atoms with Gasteiger partial charge in [-0.3, -0.25) is 0 Å². The predicted molar refractivity (Wildman–Crippen MR) is 77.3 cm³/mol. The van der Waals surface area contributed by atoms with Crippen LogP contribution in [0.3, 0.4) is 0 Å². The smallest absolute Gasteiger partial charge is 0.339 e. The van der Waals surface area contributed by atoms with Crippen LogP contribution in [0.25, 0.3) is 0 Å². The van der Waals surface area contributed by atoms with Crippen molar-refractivity contribution >= 4 is 5.97 Å². The minimum Gasteiger partial charge on any atom is -0.496 e. The fourth-order valence-corrected chi connectivity index (χ4v) is 1.88. The van der Waals surface area contributed by atoms with Gasteiger partial charge in [0.15, 0.2) is 11.5 Å². The van der Waals surface area contributed by atoms with Gasteiger partial charge < -0.3 is 19.3 Å². The van der Waals surface area contributed by atoms with Crippen molar-refractivity contribution in [1.82, 2.24) is 0 Å². The Labute approximate surface area is 122 Å². The first-order chi connectivity index (χ1) is 10.2. The Morgan fingerprint density at radius 2 is 1.67 bits per heavy atom. The van der Waals surface area contributed by atoms with Crippen molar-refractivity contribution in [2.45, 2.75) is 6.61 Å². The highest BCUT2D eigenvalue weighted by atomic mass is 16.5. The molecule has 5 heteroatoms. The van der Waals surface area contributed by atoms with E-state index >= 15 is 0 Å². The second-order valence-electron chi connectivity index (χ2n) is 4.28. The van der Waals surface area contributed by atoms with Crippen molar-refractivity contribution in [3.05, 3.63) is 53.6 Å². The Bertz CT molecular complexity index is 622. The second-order valence-corrected chi connectivity index (χ2v) is 4.28. The number of carbonyl (C=O) groups is 1. The van der Waals surface area contributed by atoms with Gasteiger partial charge in [-0.15, -0.1) is 0 Å². The van der Waals surface area contributed by atoms with E-state index in [1.54, 1.807) is 0 Å². The molecule has 0 saturated carbocycles. The molecule has 2 aromatic rings. The summed E-state index contributed by atoms with van der Waals surface area (Å²) >= 11 is 0. The molecule has 21 heavy (non-hydrogen) atoms. The van der Waals surface area contributed by atoms with Crippen LogP contribution in [0.5, 0.6) is 17.2 Å². The highest BCUT2D eigenvalue weighted by Crippen LogP contribution is 2.35. The van der Waals surface area contributed by atoms with Gasteiger partial charge in [0.05, 0.1) is 14.2 Å². The summed E-state index contributed by atoms with van der Waals surface area (Å²) in [4.78, 5) is 11.2. The maximum absolute atomic E-state index is 11.2.